The summed E-state index contributed by atoms with van der Waals surface area (Å²) in [5.74, 6) is 1.02. The summed E-state index contributed by atoms with van der Waals surface area (Å²) in [6.07, 6.45) is 3.28. The molecule has 2 aromatic rings. The van der Waals surface area contributed by atoms with Gasteiger partial charge in [0.15, 0.2) is 0 Å². The van der Waals surface area contributed by atoms with Crippen molar-refractivity contribution in [3.63, 3.8) is 0 Å². The van der Waals surface area contributed by atoms with Gasteiger partial charge < -0.3 is 5.32 Å². The summed E-state index contributed by atoms with van der Waals surface area (Å²) in [4.78, 5) is 4.80. The summed E-state index contributed by atoms with van der Waals surface area (Å²) in [5, 5.41) is 4.61. The quantitative estimate of drug-likeness (QED) is 0.731. The zero-order valence-electron chi connectivity index (χ0n) is 11.3. The van der Waals surface area contributed by atoms with Crippen LogP contribution in [0.4, 0.5) is 5.82 Å². The lowest BCUT2D eigenvalue weighted by Gasteiger charge is -2.13. The van der Waals surface area contributed by atoms with Crippen LogP contribution in [0.1, 0.15) is 32.3 Å². The van der Waals surface area contributed by atoms with Crippen molar-refractivity contribution in [1.82, 2.24) is 4.98 Å². The number of pyridine rings is 1. The van der Waals surface area contributed by atoms with E-state index in [2.05, 4.69) is 63.2 Å². The highest BCUT2D eigenvalue weighted by atomic mass is 79.9. The Bertz CT molecular complexity index is 582. The van der Waals surface area contributed by atoms with Gasteiger partial charge in [-0.05, 0) is 52.5 Å². The molecule has 0 spiro atoms. The second kappa shape index (κ2) is 6.71. The van der Waals surface area contributed by atoms with E-state index >= 15 is 0 Å². The minimum absolute atomic E-state index is 0.959. The fraction of sp³-hybridized carbons (Fsp3) is 0.400. The summed E-state index contributed by atoms with van der Waals surface area (Å²) in [7, 11) is 0. The highest BCUT2D eigenvalue weighted by molar-refractivity contribution is 9.11. The molecule has 102 valence electrons. The van der Waals surface area contributed by atoms with E-state index in [1.54, 1.807) is 0 Å². The van der Waals surface area contributed by atoms with Crippen molar-refractivity contribution in [2.24, 2.45) is 0 Å². The Balaban J connectivity index is 2.58. The molecule has 19 heavy (non-hydrogen) atoms. The van der Waals surface area contributed by atoms with Crippen LogP contribution in [0.2, 0.25) is 0 Å². The predicted octanol–water partition coefficient (Wildman–Crippen LogP) is 5.53. The summed E-state index contributed by atoms with van der Waals surface area (Å²) in [6.45, 7) is 5.32. The molecule has 0 amide bonds. The van der Waals surface area contributed by atoms with E-state index in [1.807, 2.05) is 6.07 Å². The van der Waals surface area contributed by atoms with E-state index in [0.29, 0.717) is 0 Å². The summed E-state index contributed by atoms with van der Waals surface area (Å²) in [5.41, 5.74) is 2.30. The van der Waals surface area contributed by atoms with Crippen molar-refractivity contribution in [2.45, 2.75) is 33.1 Å². The van der Waals surface area contributed by atoms with Crippen LogP contribution in [-0.2, 0) is 6.42 Å². The van der Waals surface area contributed by atoms with Gasteiger partial charge in [0.2, 0.25) is 0 Å². The average molecular weight is 386 g/mol. The van der Waals surface area contributed by atoms with Gasteiger partial charge in [0.1, 0.15) is 5.82 Å². The number of aryl methyl sites for hydroxylation is 1. The lowest BCUT2D eigenvalue weighted by atomic mass is 10.1. The van der Waals surface area contributed by atoms with E-state index in [1.165, 1.54) is 10.9 Å². The van der Waals surface area contributed by atoms with Crippen LogP contribution in [0.3, 0.4) is 0 Å². The van der Waals surface area contributed by atoms with E-state index in [-0.39, 0.29) is 0 Å². The van der Waals surface area contributed by atoms with Crippen molar-refractivity contribution < 1.29 is 0 Å². The van der Waals surface area contributed by atoms with Gasteiger partial charge in [-0.25, -0.2) is 4.98 Å². The molecule has 0 bridgehead atoms. The van der Waals surface area contributed by atoms with Crippen LogP contribution in [0.15, 0.2) is 27.1 Å². The molecule has 1 aromatic carbocycles. The predicted molar refractivity (Wildman–Crippen MR) is 89.9 cm³/mol. The maximum atomic E-state index is 4.80. The molecule has 0 aliphatic rings. The lowest BCUT2D eigenvalue weighted by molar-refractivity contribution is 0.906. The molecular weight excluding hydrogens is 368 g/mol. The Morgan fingerprint density at radius 2 is 1.84 bits per heavy atom. The van der Waals surface area contributed by atoms with Crippen LogP contribution >= 0.6 is 31.9 Å². The molecule has 2 rings (SSSR count). The second-order valence-corrected chi connectivity index (χ2v) is 6.31. The molecule has 1 N–H and O–H groups in total. The Kier molecular flexibility index (Phi) is 5.22. The molecular formula is C15H18Br2N2. The molecule has 0 atom stereocenters. The average Bonchev–Trinajstić information content (AvgIpc) is 2.41. The summed E-state index contributed by atoms with van der Waals surface area (Å²) in [6, 6.07) is 6.34. The van der Waals surface area contributed by atoms with Gasteiger partial charge in [-0.1, -0.05) is 36.2 Å². The first-order valence-corrected chi connectivity index (χ1v) is 8.27. The van der Waals surface area contributed by atoms with Crippen molar-refractivity contribution >= 4 is 48.6 Å². The van der Waals surface area contributed by atoms with Gasteiger partial charge in [0.25, 0.3) is 0 Å². The molecule has 0 fully saturated rings. The maximum absolute atomic E-state index is 4.80. The topological polar surface area (TPSA) is 24.9 Å². The smallest absolute Gasteiger partial charge is 0.129 e. The zero-order valence-corrected chi connectivity index (χ0v) is 14.4. The van der Waals surface area contributed by atoms with Crippen LogP contribution in [0.25, 0.3) is 10.9 Å². The number of nitrogens with zero attached hydrogens (tertiary/aromatic N) is 1. The molecule has 0 aliphatic carbocycles. The van der Waals surface area contributed by atoms with Crippen LogP contribution < -0.4 is 5.32 Å². The summed E-state index contributed by atoms with van der Waals surface area (Å²) < 4.78 is 2.13. The lowest BCUT2D eigenvalue weighted by Crippen LogP contribution is -2.06. The van der Waals surface area contributed by atoms with E-state index in [4.69, 9.17) is 4.98 Å². The number of nitrogens with one attached hydrogen (secondary N) is 1. The van der Waals surface area contributed by atoms with Crippen molar-refractivity contribution in [3.8, 4) is 0 Å². The third-order valence-electron chi connectivity index (χ3n) is 3.02. The number of anilines is 1. The van der Waals surface area contributed by atoms with Gasteiger partial charge >= 0.3 is 0 Å². The monoisotopic (exact) mass is 384 g/mol. The zero-order chi connectivity index (χ0) is 13.8. The molecule has 0 aliphatic heterocycles. The van der Waals surface area contributed by atoms with E-state index in [0.717, 1.165) is 46.1 Å². The molecule has 0 saturated carbocycles. The van der Waals surface area contributed by atoms with E-state index < -0.39 is 0 Å². The number of aromatic nitrogens is 1. The molecule has 0 radical (unpaired) electrons. The van der Waals surface area contributed by atoms with Crippen molar-refractivity contribution in [2.75, 3.05) is 11.9 Å². The first kappa shape index (κ1) is 14.8. The Hall–Kier alpha value is -0.610. The fourth-order valence-corrected chi connectivity index (χ4v) is 2.96. The number of benzene rings is 1. The van der Waals surface area contributed by atoms with Gasteiger partial charge in [-0.15, -0.1) is 0 Å². The number of hydrogen-bond acceptors (Lipinski definition) is 2. The summed E-state index contributed by atoms with van der Waals surface area (Å²) >= 11 is 7.20. The molecule has 0 saturated heterocycles. The van der Waals surface area contributed by atoms with Gasteiger partial charge in [0, 0.05) is 20.9 Å². The largest absolute Gasteiger partial charge is 0.370 e. The third kappa shape index (κ3) is 3.29. The Labute approximate surface area is 131 Å². The highest BCUT2D eigenvalue weighted by Gasteiger charge is 2.10. The Morgan fingerprint density at radius 1 is 1.11 bits per heavy atom. The fourth-order valence-electron chi connectivity index (χ4n) is 2.09. The molecule has 0 unspecified atom stereocenters. The second-order valence-electron chi connectivity index (χ2n) is 4.60. The molecule has 4 heteroatoms. The molecule has 1 aromatic heterocycles. The molecule has 2 nitrogen and oxygen atoms in total. The number of halogens is 2. The van der Waals surface area contributed by atoms with Crippen LogP contribution in [-0.4, -0.2) is 11.5 Å². The Morgan fingerprint density at radius 3 is 2.53 bits per heavy atom. The molecule has 1 heterocycles. The van der Waals surface area contributed by atoms with Crippen molar-refractivity contribution in [3.05, 3.63) is 32.7 Å². The maximum Gasteiger partial charge on any atom is 0.129 e. The third-order valence-corrected chi connectivity index (χ3v) is 4.35. The van der Waals surface area contributed by atoms with Gasteiger partial charge in [0.05, 0.1) is 5.52 Å². The number of rotatable bonds is 5. The minimum atomic E-state index is 0.959. The van der Waals surface area contributed by atoms with E-state index in [9.17, 15) is 0 Å². The normalized spacial score (nSPS) is 10.9. The van der Waals surface area contributed by atoms with Crippen LogP contribution in [0, 0.1) is 0 Å². The minimum Gasteiger partial charge on any atom is -0.370 e. The number of fused-ring (bicyclic) bond motifs is 1. The first-order chi connectivity index (χ1) is 9.17. The highest BCUT2D eigenvalue weighted by Crippen LogP contribution is 2.32. The SMILES string of the molecule is CCCNc1nc2c(Br)ccc(Br)c2cc1CCC. The van der Waals surface area contributed by atoms with Crippen molar-refractivity contribution in [1.29, 1.82) is 0 Å². The van der Waals surface area contributed by atoms with Gasteiger partial charge in [-0.3, -0.25) is 0 Å². The van der Waals surface area contributed by atoms with Crippen LogP contribution in [0.5, 0.6) is 0 Å². The first-order valence-electron chi connectivity index (χ1n) is 6.68. The standard InChI is InChI=1S/C15H18Br2N2/c1-3-5-10-9-11-12(16)6-7-13(17)14(11)19-15(10)18-8-4-2/h6-7,9H,3-5,8H2,1-2H3,(H,18,19). The number of hydrogen-bond donors (Lipinski definition) is 1. The van der Waals surface area contributed by atoms with Gasteiger partial charge in [-0.2, -0.15) is 0 Å².